The van der Waals surface area contributed by atoms with Crippen LogP contribution in [0, 0.1) is 5.82 Å². The Hall–Kier alpha value is -1.02. The summed E-state index contributed by atoms with van der Waals surface area (Å²) >= 11 is 0. The SMILES string of the molecule is CCNCc1ccc(F)c(S(=O)(=O)NCCCOCC)c1. The fraction of sp³-hybridized carbons (Fsp3) is 0.571. The minimum absolute atomic E-state index is 0.221. The van der Waals surface area contributed by atoms with Gasteiger partial charge in [-0.25, -0.2) is 17.5 Å². The summed E-state index contributed by atoms with van der Waals surface area (Å²) in [5.41, 5.74) is 0.730. The van der Waals surface area contributed by atoms with Crippen molar-refractivity contribution in [1.29, 1.82) is 0 Å². The second kappa shape index (κ2) is 9.09. The van der Waals surface area contributed by atoms with Crippen LogP contribution in [-0.4, -0.2) is 34.7 Å². The molecule has 120 valence electrons. The zero-order chi connectivity index (χ0) is 15.7. The highest BCUT2D eigenvalue weighted by atomic mass is 32.2. The van der Waals surface area contributed by atoms with Gasteiger partial charge in [-0.1, -0.05) is 13.0 Å². The Kier molecular flexibility index (Phi) is 7.81. The highest BCUT2D eigenvalue weighted by molar-refractivity contribution is 7.89. The first kappa shape index (κ1) is 18.0. The third-order valence-corrected chi connectivity index (χ3v) is 4.30. The predicted molar refractivity (Wildman–Crippen MR) is 80.1 cm³/mol. The van der Waals surface area contributed by atoms with Crippen molar-refractivity contribution >= 4 is 10.0 Å². The van der Waals surface area contributed by atoms with Gasteiger partial charge in [-0.15, -0.1) is 0 Å². The lowest BCUT2D eigenvalue weighted by Gasteiger charge is -2.10. The number of benzene rings is 1. The first-order valence-electron chi connectivity index (χ1n) is 7.07. The Morgan fingerprint density at radius 2 is 2.05 bits per heavy atom. The maximum Gasteiger partial charge on any atom is 0.243 e. The van der Waals surface area contributed by atoms with Crippen molar-refractivity contribution in [3.8, 4) is 0 Å². The standard InChI is InChI=1S/C14H23FN2O3S/c1-3-16-11-12-6-7-13(15)14(10-12)21(18,19)17-8-5-9-20-4-2/h6-7,10,16-17H,3-5,8-9,11H2,1-2H3. The molecule has 7 heteroatoms. The molecule has 2 N–H and O–H groups in total. The monoisotopic (exact) mass is 318 g/mol. The van der Waals surface area contributed by atoms with Crippen LogP contribution in [0.3, 0.4) is 0 Å². The molecule has 0 unspecified atom stereocenters. The molecule has 0 atom stereocenters. The number of nitrogens with one attached hydrogen (secondary N) is 2. The lowest BCUT2D eigenvalue weighted by atomic mass is 10.2. The number of sulfonamides is 1. The third-order valence-electron chi connectivity index (χ3n) is 2.83. The van der Waals surface area contributed by atoms with Crippen LogP contribution < -0.4 is 10.0 Å². The van der Waals surface area contributed by atoms with Crippen molar-refractivity contribution in [2.75, 3.05) is 26.3 Å². The molecular formula is C14H23FN2O3S. The van der Waals surface area contributed by atoms with Gasteiger partial charge in [0.1, 0.15) is 10.7 Å². The van der Waals surface area contributed by atoms with Crippen LogP contribution >= 0.6 is 0 Å². The van der Waals surface area contributed by atoms with Crippen LogP contribution in [0.4, 0.5) is 4.39 Å². The molecule has 1 rings (SSSR count). The van der Waals surface area contributed by atoms with E-state index >= 15 is 0 Å². The lowest BCUT2D eigenvalue weighted by Crippen LogP contribution is -2.26. The van der Waals surface area contributed by atoms with E-state index in [1.54, 1.807) is 6.07 Å². The second-order valence-electron chi connectivity index (χ2n) is 4.49. The van der Waals surface area contributed by atoms with Gasteiger partial charge in [-0.2, -0.15) is 0 Å². The van der Waals surface area contributed by atoms with E-state index in [0.29, 0.717) is 26.2 Å². The molecule has 0 aromatic heterocycles. The van der Waals surface area contributed by atoms with Gasteiger partial charge in [-0.3, -0.25) is 0 Å². The molecule has 0 heterocycles. The third kappa shape index (κ3) is 6.09. The van der Waals surface area contributed by atoms with Gasteiger partial charge < -0.3 is 10.1 Å². The topological polar surface area (TPSA) is 67.4 Å². The van der Waals surface area contributed by atoms with Gasteiger partial charge in [0.25, 0.3) is 0 Å². The van der Waals surface area contributed by atoms with E-state index in [0.717, 1.165) is 12.1 Å². The minimum atomic E-state index is -3.83. The second-order valence-corrected chi connectivity index (χ2v) is 6.23. The Bertz CT molecular complexity index is 535. The molecule has 21 heavy (non-hydrogen) atoms. The molecule has 0 saturated heterocycles. The van der Waals surface area contributed by atoms with Crippen molar-refractivity contribution in [1.82, 2.24) is 10.0 Å². The van der Waals surface area contributed by atoms with Crippen LogP contribution in [0.25, 0.3) is 0 Å². The van der Waals surface area contributed by atoms with Crippen LogP contribution in [0.1, 0.15) is 25.8 Å². The Labute approximate surface area is 125 Å². The Balaban J connectivity index is 2.72. The van der Waals surface area contributed by atoms with Crippen molar-refractivity contribution in [3.63, 3.8) is 0 Å². The smallest absolute Gasteiger partial charge is 0.243 e. The first-order valence-corrected chi connectivity index (χ1v) is 8.56. The summed E-state index contributed by atoms with van der Waals surface area (Å²) in [5, 5.41) is 3.07. The summed E-state index contributed by atoms with van der Waals surface area (Å²) in [4.78, 5) is -0.311. The van der Waals surface area contributed by atoms with Gasteiger partial charge in [0.05, 0.1) is 0 Å². The van der Waals surface area contributed by atoms with E-state index in [2.05, 4.69) is 10.0 Å². The Morgan fingerprint density at radius 3 is 2.71 bits per heavy atom. The number of ether oxygens (including phenoxy) is 1. The molecule has 0 aliphatic carbocycles. The number of halogens is 1. The molecule has 0 spiro atoms. The van der Waals surface area contributed by atoms with E-state index in [9.17, 15) is 12.8 Å². The zero-order valence-electron chi connectivity index (χ0n) is 12.5. The summed E-state index contributed by atoms with van der Waals surface area (Å²) in [6.07, 6.45) is 0.547. The van der Waals surface area contributed by atoms with Crippen LogP contribution in [0.2, 0.25) is 0 Å². The molecule has 1 aromatic carbocycles. The van der Waals surface area contributed by atoms with E-state index in [1.807, 2.05) is 13.8 Å². The molecule has 0 bridgehead atoms. The summed E-state index contributed by atoms with van der Waals surface area (Å²) in [5.74, 6) is -0.743. The molecule has 0 amide bonds. The number of hydrogen-bond acceptors (Lipinski definition) is 4. The molecule has 5 nitrogen and oxygen atoms in total. The average molecular weight is 318 g/mol. The van der Waals surface area contributed by atoms with Crippen molar-refractivity contribution in [2.24, 2.45) is 0 Å². The highest BCUT2D eigenvalue weighted by Crippen LogP contribution is 2.16. The molecule has 0 aliphatic rings. The van der Waals surface area contributed by atoms with Crippen LogP contribution in [0.15, 0.2) is 23.1 Å². The van der Waals surface area contributed by atoms with E-state index in [-0.39, 0.29) is 11.4 Å². The van der Waals surface area contributed by atoms with Gasteiger partial charge in [0.2, 0.25) is 10.0 Å². The summed E-state index contributed by atoms with van der Waals surface area (Å²) in [6.45, 7) is 6.37. The molecule has 0 saturated carbocycles. The molecular weight excluding hydrogens is 295 g/mol. The fourth-order valence-corrected chi connectivity index (χ4v) is 2.94. The molecule has 0 radical (unpaired) electrons. The number of rotatable bonds is 10. The zero-order valence-corrected chi connectivity index (χ0v) is 13.3. The molecule has 1 aromatic rings. The summed E-state index contributed by atoms with van der Waals surface area (Å²) < 4.78 is 45.5. The van der Waals surface area contributed by atoms with Crippen molar-refractivity contribution in [2.45, 2.75) is 31.7 Å². The maximum absolute atomic E-state index is 13.8. The normalized spacial score (nSPS) is 11.8. The summed E-state index contributed by atoms with van der Waals surface area (Å²) in [7, 11) is -3.83. The van der Waals surface area contributed by atoms with E-state index < -0.39 is 15.8 Å². The summed E-state index contributed by atoms with van der Waals surface area (Å²) in [6, 6.07) is 4.12. The van der Waals surface area contributed by atoms with E-state index in [4.69, 9.17) is 4.74 Å². The molecule has 0 aliphatic heterocycles. The highest BCUT2D eigenvalue weighted by Gasteiger charge is 2.18. The maximum atomic E-state index is 13.8. The largest absolute Gasteiger partial charge is 0.382 e. The van der Waals surface area contributed by atoms with Crippen LogP contribution in [0.5, 0.6) is 0 Å². The first-order chi connectivity index (χ1) is 10.0. The lowest BCUT2D eigenvalue weighted by molar-refractivity contribution is 0.146. The van der Waals surface area contributed by atoms with Gasteiger partial charge in [0, 0.05) is 26.3 Å². The Morgan fingerprint density at radius 1 is 1.29 bits per heavy atom. The molecule has 0 fully saturated rings. The van der Waals surface area contributed by atoms with Gasteiger partial charge >= 0.3 is 0 Å². The van der Waals surface area contributed by atoms with E-state index in [1.165, 1.54) is 12.1 Å². The fourth-order valence-electron chi connectivity index (χ4n) is 1.74. The van der Waals surface area contributed by atoms with Crippen molar-refractivity contribution < 1.29 is 17.5 Å². The predicted octanol–water partition coefficient (Wildman–Crippen LogP) is 1.64. The number of hydrogen-bond donors (Lipinski definition) is 2. The van der Waals surface area contributed by atoms with Gasteiger partial charge in [-0.05, 0) is 37.6 Å². The van der Waals surface area contributed by atoms with Crippen molar-refractivity contribution in [3.05, 3.63) is 29.6 Å². The van der Waals surface area contributed by atoms with Gasteiger partial charge in [0.15, 0.2) is 0 Å². The quantitative estimate of drug-likeness (QED) is 0.644. The van der Waals surface area contributed by atoms with Crippen LogP contribution in [-0.2, 0) is 21.3 Å². The average Bonchev–Trinajstić information content (AvgIpc) is 2.46. The minimum Gasteiger partial charge on any atom is -0.382 e.